The molecule has 2 aromatic carbocycles. The number of carbonyl (C=O) groups is 1. The average Bonchev–Trinajstić information content (AvgIpc) is 3.04. The summed E-state index contributed by atoms with van der Waals surface area (Å²) in [6.45, 7) is 0.488. The summed E-state index contributed by atoms with van der Waals surface area (Å²) in [5, 5.41) is 0.848. The predicted molar refractivity (Wildman–Crippen MR) is 102 cm³/mol. The lowest BCUT2D eigenvalue weighted by Gasteiger charge is -2.13. The molecule has 0 unspecified atom stereocenters. The quantitative estimate of drug-likeness (QED) is 0.497. The molecule has 0 spiro atoms. The first-order valence-corrected chi connectivity index (χ1v) is 8.43. The van der Waals surface area contributed by atoms with Crippen LogP contribution in [0.1, 0.15) is 15.9 Å². The van der Waals surface area contributed by atoms with Crippen LogP contribution in [0, 0.1) is 0 Å². The van der Waals surface area contributed by atoms with Crippen molar-refractivity contribution in [1.82, 2.24) is 9.55 Å². The smallest absolute Gasteiger partial charge is 0.152 e. The number of ether oxygens (including phenoxy) is 1. The highest BCUT2D eigenvalue weighted by Crippen LogP contribution is 2.36. The minimum atomic E-state index is 0.488. The number of para-hydroxylation sites is 1. The molecule has 0 bridgehead atoms. The van der Waals surface area contributed by atoms with E-state index in [0.717, 1.165) is 39.8 Å². The number of nitrogens with zero attached hydrogens (tertiary/aromatic N) is 2. The Morgan fingerprint density at radius 3 is 2.58 bits per heavy atom. The number of aldehydes is 1. The third-order valence-electron chi connectivity index (χ3n) is 4.43. The topological polar surface area (TPSA) is 44.1 Å². The molecule has 4 nitrogen and oxygen atoms in total. The van der Waals surface area contributed by atoms with Crippen molar-refractivity contribution in [3.63, 3.8) is 0 Å². The van der Waals surface area contributed by atoms with Crippen molar-refractivity contribution in [3.05, 3.63) is 84.2 Å². The van der Waals surface area contributed by atoms with Gasteiger partial charge in [-0.15, -0.1) is 0 Å². The van der Waals surface area contributed by atoms with Crippen LogP contribution in [0.4, 0.5) is 0 Å². The summed E-state index contributed by atoms with van der Waals surface area (Å²) in [5.41, 5.74) is 4.41. The first-order chi connectivity index (χ1) is 12.8. The summed E-state index contributed by atoms with van der Waals surface area (Å²) in [4.78, 5) is 16.0. The lowest BCUT2D eigenvalue weighted by Crippen LogP contribution is -1.97. The molecule has 4 aromatic rings. The summed E-state index contributed by atoms with van der Waals surface area (Å²) in [6.07, 6.45) is 4.45. The minimum absolute atomic E-state index is 0.488. The highest BCUT2D eigenvalue weighted by Gasteiger charge is 2.15. The van der Waals surface area contributed by atoms with Crippen LogP contribution in [0.15, 0.2) is 73.1 Å². The molecule has 2 heterocycles. The van der Waals surface area contributed by atoms with Gasteiger partial charge < -0.3 is 9.30 Å². The number of rotatable bonds is 5. The van der Waals surface area contributed by atoms with Crippen LogP contribution in [0.3, 0.4) is 0 Å². The molecule has 0 atom stereocenters. The Hall–Kier alpha value is -3.40. The second-order valence-corrected chi connectivity index (χ2v) is 6.14. The van der Waals surface area contributed by atoms with Gasteiger partial charge in [-0.1, -0.05) is 48.5 Å². The van der Waals surface area contributed by atoms with Crippen molar-refractivity contribution in [2.24, 2.45) is 7.05 Å². The summed E-state index contributed by atoms with van der Waals surface area (Å²) in [7, 11) is 1.89. The zero-order valence-corrected chi connectivity index (χ0v) is 14.4. The zero-order valence-electron chi connectivity index (χ0n) is 14.4. The van der Waals surface area contributed by atoms with Crippen LogP contribution in [0.2, 0.25) is 0 Å². The average molecular weight is 342 g/mol. The molecule has 0 aliphatic heterocycles. The van der Waals surface area contributed by atoms with E-state index in [1.807, 2.05) is 78.5 Å². The van der Waals surface area contributed by atoms with Gasteiger partial charge in [0, 0.05) is 36.0 Å². The van der Waals surface area contributed by atoms with Crippen molar-refractivity contribution in [3.8, 4) is 16.9 Å². The molecule has 0 amide bonds. The standard InChI is InChI=1S/C22H18N2O2/c1-24-13-17(14-25)21-19(11-12-23-22(21)24)18-9-5-6-10-20(18)26-15-16-7-3-2-4-8-16/h2-14H,15H2,1H3. The van der Waals surface area contributed by atoms with Crippen molar-refractivity contribution in [2.45, 2.75) is 6.61 Å². The molecule has 4 rings (SSSR count). The van der Waals surface area contributed by atoms with E-state index in [2.05, 4.69) is 4.98 Å². The van der Waals surface area contributed by atoms with Gasteiger partial charge in [-0.3, -0.25) is 4.79 Å². The molecule has 0 aliphatic rings. The van der Waals surface area contributed by atoms with Crippen LogP contribution in [-0.4, -0.2) is 15.8 Å². The number of hydrogen-bond acceptors (Lipinski definition) is 3. The van der Waals surface area contributed by atoms with Crippen LogP contribution in [0.5, 0.6) is 5.75 Å². The Morgan fingerprint density at radius 2 is 1.77 bits per heavy atom. The number of hydrogen-bond donors (Lipinski definition) is 0. The second-order valence-electron chi connectivity index (χ2n) is 6.14. The normalized spacial score (nSPS) is 10.8. The summed E-state index contributed by atoms with van der Waals surface area (Å²) in [6, 6.07) is 19.9. The van der Waals surface area contributed by atoms with E-state index >= 15 is 0 Å². The molecule has 0 saturated heterocycles. The number of fused-ring (bicyclic) bond motifs is 1. The maximum Gasteiger partial charge on any atom is 0.152 e. The monoisotopic (exact) mass is 342 g/mol. The van der Waals surface area contributed by atoms with Crippen molar-refractivity contribution in [2.75, 3.05) is 0 Å². The lowest BCUT2D eigenvalue weighted by molar-refractivity contribution is 0.112. The number of benzene rings is 2. The maximum atomic E-state index is 11.5. The Bertz CT molecular complexity index is 1070. The second kappa shape index (κ2) is 6.84. The predicted octanol–water partition coefficient (Wildman–Crippen LogP) is 4.63. The molecule has 0 radical (unpaired) electrons. The summed E-state index contributed by atoms with van der Waals surface area (Å²) < 4.78 is 7.96. The van der Waals surface area contributed by atoms with Crippen LogP contribution in [-0.2, 0) is 13.7 Å². The lowest BCUT2D eigenvalue weighted by atomic mass is 10.0. The first kappa shape index (κ1) is 16.1. The Kier molecular flexibility index (Phi) is 4.23. The maximum absolute atomic E-state index is 11.5. The molecule has 4 heteroatoms. The van der Waals surface area contributed by atoms with Gasteiger partial charge in [0.1, 0.15) is 18.0 Å². The van der Waals surface area contributed by atoms with Crippen molar-refractivity contribution >= 4 is 17.3 Å². The minimum Gasteiger partial charge on any atom is -0.488 e. The molecule has 128 valence electrons. The van der Waals surface area contributed by atoms with E-state index in [4.69, 9.17) is 4.74 Å². The largest absolute Gasteiger partial charge is 0.488 e. The summed E-state index contributed by atoms with van der Waals surface area (Å²) >= 11 is 0. The third-order valence-corrected chi connectivity index (χ3v) is 4.43. The molecule has 26 heavy (non-hydrogen) atoms. The number of aromatic nitrogens is 2. The van der Waals surface area contributed by atoms with Crippen LogP contribution >= 0.6 is 0 Å². The fraction of sp³-hybridized carbons (Fsp3) is 0.0909. The van der Waals surface area contributed by atoms with E-state index in [1.165, 1.54) is 0 Å². The number of pyridine rings is 1. The molecule has 0 N–H and O–H groups in total. The Labute approximate surface area is 151 Å². The van der Waals surface area contributed by atoms with E-state index in [1.54, 1.807) is 6.20 Å². The third kappa shape index (κ3) is 2.86. The highest BCUT2D eigenvalue weighted by atomic mass is 16.5. The molecule has 0 saturated carbocycles. The van der Waals surface area contributed by atoms with Crippen molar-refractivity contribution < 1.29 is 9.53 Å². The fourth-order valence-electron chi connectivity index (χ4n) is 3.20. The van der Waals surface area contributed by atoms with E-state index in [0.29, 0.717) is 12.2 Å². The van der Waals surface area contributed by atoms with Gasteiger partial charge in [-0.05, 0) is 23.3 Å². The first-order valence-electron chi connectivity index (χ1n) is 8.43. The molecule has 2 aromatic heterocycles. The van der Waals surface area contributed by atoms with Gasteiger partial charge in [0.05, 0.1) is 0 Å². The van der Waals surface area contributed by atoms with Gasteiger partial charge in [0.25, 0.3) is 0 Å². The molecular formula is C22H18N2O2. The molecule has 0 fully saturated rings. The van der Waals surface area contributed by atoms with Gasteiger partial charge in [0.15, 0.2) is 6.29 Å². The number of aryl methyl sites for hydroxylation is 1. The summed E-state index contributed by atoms with van der Waals surface area (Å²) in [5.74, 6) is 0.782. The van der Waals surface area contributed by atoms with Crippen LogP contribution < -0.4 is 4.74 Å². The number of carbonyl (C=O) groups excluding carboxylic acids is 1. The van der Waals surface area contributed by atoms with Gasteiger partial charge in [-0.25, -0.2) is 4.98 Å². The van der Waals surface area contributed by atoms with E-state index in [-0.39, 0.29) is 0 Å². The van der Waals surface area contributed by atoms with Crippen molar-refractivity contribution in [1.29, 1.82) is 0 Å². The SMILES string of the molecule is Cn1cc(C=O)c2c(-c3ccccc3OCc3ccccc3)ccnc21. The Morgan fingerprint density at radius 1 is 1.00 bits per heavy atom. The van der Waals surface area contributed by atoms with E-state index in [9.17, 15) is 4.79 Å². The van der Waals surface area contributed by atoms with E-state index < -0.39 is 0 Å². The fourth-order valence-corrected chi connectivity index (χ4v) is 3.20. The van der Waals surface area contributed by atoms with Gasteiger partial charge >= 0.3 is 0 Å². The molecular weight excluding hydrogens is 324 g/mol. The zero-order chi connectivity index (χ0) is 17.9. The van der Waals surface area contributed by atoms with Crippen LogP contribution in [0.25, 0.3) is 22.2 Å². The van der Waals surface area contributed by atoms with Gasteiger partial charge in [-0.2, -0.15) is 0 Å². The molecule has 0 aliphatic carbocycles. The Balaban J connectivity index is 1.80. The van der Waals surface area contributed by atoms with Gasteiger partial charge in [0.2, 0.25) is 0 Å². The highest BCUT2D eigenvalue weighted by molar-refractivity contribution is 6.05.